The topological polar surface area (TPSA) is 89.3 Å². The van der Waals surface area contributed by atoms with E-state index in [1.165, 1.54) is 6.92 Å². The number of aromatic nitrogens is 1. The number of nitriles is 1. The first-order valence-electron chi connectivity index (χ1n) is 9.19. The van der Waals surface area contributed by atoms with Crippen molar-refractivity contribution >= 4 is 17.6 Å². The van der Waals surface area contributed by atoms with Gasteiger partial charge in [0.15, 0.2) is 0 Å². The molecule has 1 aliphatic rings. The average molecular weight is 377 g/mol. The van der Waals surface area contributed by atoms with E-state index < -0.39 is 0 Å². The van der Waals surface area contributed by atoms with Crippen molar-refractivity contribution in [1.29, 1.82) is 5.26 Å². The molecule has 0 bridgehead atoms. The van der Waals surface area contributed by atoms with E-state index in [1.54, 1.807) is 41.2 Å². The Labute approximate surface area is 164 Å². The van der Waals surface area contributed by atoms with Crippen molar-refractivity contribution in [3.8, 4) is 6.07 Å². The molecule has 3 rings (SSSR count). The number of benzene rings is 1. The zero-order valence-corrected chi connectivity index (χ0v) is 16.1. The number of nitrogens with zero attached hydrogens (tertiary/aromatic N) is 4. The lowest BCUT2D eigenvalue weighted by Gasteiger charge is -2.23. The van der Waals surface area contributed by atoms with E-state index in [0.717, 1.165) is 12.0 Å². The van der Waals surface area contributed by atoms with Crippen molar-refractivity contribution in [3.63, 3.8) is 0 Å². The highest BCUT2D eigenvalue weighted by atomic mass is 16.2. The SMILES string of the molecule is CC(=O)N(C)[C@H]1CCN(C(=O)c2ccc(NCc3cccc(C#N)c3)nc2)C1. The van der Waals surface area contributed by atoms with Gasteiger partial charge in [0.1, 0.15) is 5.82 Å². The van der Waals surface area contributed by atoms with Gasteiger partial charge in [0.05, 0.1) is 23.2 Å². The van der Waals surface area contributed by atoms with Crippen LogP contribution in [0.25, 0.3) is 0 Å². The molecule has 0 radical (unpaired) electrons. The molecule has 1 aliphatic heterocycles. The van der Waals surface area contributed by atoms with E-state index in [1.807, 2.05) is 18.2 Å². The summed E-state index contributed by atoms with van der Waals surface area (Å²) in [6, 6.07) is 13.1. The highest BCUT2D eigenvalue weighted by Gasteiger charge is 2.30. The summed E-state index contributed by atoms with van der Waals surface area (Å²) in [5, 5.41) is 12.1. The Hall–Kier alpha value is -3.40. The van der Waals surface area contributed by atoms with Crippen LogP contribution >= 0.6 is 0 Å². The van der Waals surface area contributed by atoms with Crippen molar-refractivity contribution in [1.82, 2.24) is 14.8 Å². The number of amides is 2. The van der Waals surface area contributed by atoms with Crippen LogP contribution in [0.5, 0.6) is 0 Å². The predicted octanol–water partition coefficient (Wildman–Crippen LogP) is 2.26. The van der Waals surface area contributed by atoms with Gasteiger partial charge < -0.3 is 15.1 Å². The molecule has 7 heteroatoms. The van der Waals surface area contributed by atoms with Gasteiger partial charge in [0.25, 0.3) is 5.91 Å². The molecule has 144 valence electrons. The summed E-state index contributed by atoms with van der Waals surface area (Å²) in [5.41, 5.74) is 2.13. The van der Waals surface area contributed by atoms with Crippen LogP contribution in [0.4, 0.5) is 5.82 Å². The van der Waals surface area contributed by atoms with Crippen LogP contribution in [0.1, 0.15) is 34.8 Å². The summed E-state index contributed by atoms with van der Waals surface area (Å²) < 4.78 is 0. The third-order valence-electron chi connectivity index (χ3n) is 5.04. The van der Waals surface area contributed by atoms with Gasteiger partial charge in [-0.1, -0.05) is 12.1 Å². The number of carbonyl (C=O) groups excluding carboxylic acids is 2. The third-order valence-corrected chi connectivity index (χ3v) is 5.04. The second-order valence-electron chi connectivity index (χ2n) is 6.92. The fraction of sp³-hybridized carbons (Fsp3) is 0.333. The number of pyridine rings is 1. The Balaban J connectivity index is 1.57. The van der Waals surface area contributed by atoms with E-state index in [9.17, 15) is 9.59 Å². The van der Waals surface area contributed by atoms with E-state index in [4.69, 9.17) is 5.26 Å². The summed E-state index contributed by atoms with van der Waals surface area (Å²) in [6.45, 7) is 3.26. The highest BCUT2D eigenvalue weighted by molar-refractivity contribution is 5.94. The molecule has 2 amide bonds. The number of nitrogens with one attached hydrogen (secondary N) is 1. The van der Waals surface area contributed by atoms with E-state index >= 15 is 0 Å². The van der Waals surface area contributed by atoms with Gasteiger partial charge in [-0.15, -0.1) is 0 Å². The maximum atomic E-state index is 12.7. The monoisotopic (exact) mass is 377 g/mol. The number of likely N-dealkylation sites (N-methyl/N-ethyl adjacent to an activating group) is 1. The minimum Gasteiger partial charge on any atom is -0.366 e. The molecule has 0 aliphatic carbocycles. The molecule has 1 fully saturated rings. The fourth-order valence-electron chi connectivity index (χ4n) is 3.25. The molecule has 0 unspecified atom stereocenters. The van der Waals surface area contributed by atoms with Gasteiger partial charge in [-0.25, -0.2) is 4.98 Å². The number of hydrogen-bond acceptors (Lipinski definition) is 5. The Morgan fingerprint density at radius 2 is 2.18 bits per heavy atom. The summed E-state index contributed by atoms with van der Waals surface area (Å²) >= 11 is 0. The van der Waals surface area contributed by atoms with Crippen molar-refractivity contribution in [2.45, 2.75) is 25.9 Å². The fourth-order valence-corrected chi connectivity index (χ4v) is 3.25. The Morgan fingerprint density at radius 3 is 2.86 bits per heavy atom. The molecule has 1 N–H and O–H groups in total. The minimum atomic E-state index is -0.0692. The van der Waals surface area contributed by atoms with Crippen molar-refractivity contribution in [3.05, 3.63) is 59.3 Å². The predicted molar refractivity (Wildman–Crippen MR) is 105 cm³/mol. The van der Waals surface area contributed by atoms with Crippen LogP contribution in [-0.4, -0.2) is 52.8 Å². The zero-order chi connectivity index (χ0) is 20.1. The molecule has 1 atom stereocenters. The molecular formula is C21H23N5O2. The zero-order valence-electron chi connectivity index (χ0n) is 16.1. The first-order valence-corrected chi connectivity index (χ1v) is 9.19. The molecule has 1 saturated heterocycles. The van der Waals surface area contributed by atoms with E-state index in [2.05, 4.69) is 16.4 Å². The number of likely N-dealkylation sites (tertiary alicyclic amines) is 1. The van der Waals surface area contributed by atoms with Crippen LogP contribution in [0.3, 0.4) is 0 Å². The maximum Gasteiger partial charge on any atom is 0.255 e. The van der Waals surface area contributed by atoms with Gasteiger partial charge in [-0.05, 0) is 36.2 Å². The van der Waals surface area contributed by atoms with Gasteiger partial charge in [0, 0.05) is 39.8 Å². The minimum absolute atomic E-state index is 0.0108. The molecule has 0 spiro atoms. The molecule has 1 aromatic heterocycles. The van der Waals surface area contributed by atoms with Crippen molar-refractivity contribution in [2.75, 3.05) is 25.5 Å². The van der Waals surface area contributed by atoms with Crippen molar-refractivity contribution in [2.24, 2.45) is 0 Å². The summed E-state index contributed by atoms with van der Waals surface area (Å²) in [4.78, 5) is 32.0. The highest BCUT2D eigenvalue weighted by Crippen LogP contribution is 2.18. The van der Waals surface area contributed by atoms with Crippen LogP contribution in [0, 0.1) is 11.3 Å². The maximum absolute atomic E-state index is 12.7. The standard InChI is InChI=1S/C21H23N5O2/c1-15(27)25(2)19-8-9-26(14-19)21(28)18-6-7-20(24-13-18)23-12-17-5-3-4-16(10-17)11-22/h3-7,10,13,19H,8-9,12,14H2,1-2H3,(H,23,24)/t19-/m0/s1. The van der Waals surface area contributed by atoms with Crippen molar-refractivity contribution < 1.29 is 9.59 Å². The van der Waals surface area contributed by atoms with Crippen LogP contribution in [0.15, 0.2) is 42.6 Å². The average Bonchev–Trinajstić information content (AvgIpc) is 3.21. The van der Waals surface area contributed by atoms with E-state index in [-0.39, 0.29) is 17.9 Å². The smallest absolute Gasteiger partial charge is 0.255 e. The van der Waals surface area contributed by atoms with Gasteiger partial charge in [-0.3, -0.25) is 9.59 Å². The Kier molecular flexibility index (Phi) is 5.90. The lowest BCUT2D eigenvalue weighted by Crippen LogP contribution is -2.38. The van der Waals surface area contributed by atoms with E-state index in [0.29, 0.717) is 36.6 Å². The van der Waals surface area contributed by atoms with Gasteiger partial charge >= 0.3 is 0 Å². The van der Waals surface area contributed by atoms with Crippen LogP contribution < -0.4 is 5.32 Å². The second kappa shape index (κ2) is 8.53. The number of anilines is 1. The lowest BCUT2D eigenvalue weighted by atomic mass is 10.1. The van der Waals surface area contributed by atoms with Gasteiger partial charge in [-0.2, -0.15) is 5.26 Å². The third kappa shape index (κ3) is 4.46. The summed E-state index contributed by atoms with van der Waals surface area (Å²) in [6.07, 6.45) is 2.36. The number of hydrogen-bond donors (Lipinski definition) is 1. The molecule has 7 nitrogen and oxygen atoms in total. The number of rotatable bonds is 5. The summed E-state index contributed by atoms with van der Waals surface area (Å²) in [5.74, 6) is 0.603. The summed E-state index contributed by atoms with van der Waals surface area (Å²) in [7, 11) is 1.77. The van der Waals surface area contributed by atoms with Crippen LogP contribution in [-0.2, 0) is 11.3 Å². The number of carbonyl (C=O) groups is 2. The Morgan fingerprint density at radius 1 is 1.36 bits per heavy atom. The molecule has 0 saturated carbocycles. The first kappa shape index (κ1) is 19.4. The van der Waals surface area contributed by atoms with Gasteiger partial charge in [0.2, 0.25) is 5.91 Å². The first-order chi connectivity index (χ1) is 13.5. The Bertz CT molecular complexity index is 904. The molecule has 1 aromatic carbocycles. The largest absolute Gasteiger partial charge is 0.366 e. The lowest BCUT2D eigenvalue weighted by molar-refractivity contribution is -0.129. The quantitative estimate of drug-likeness (QED) is 0.863. The molecule has 28 heavy (non-hydrogen) atoms. The molecule has 2 heterocycles. The molecule has 2 aromatic rings. The normalized spacial score (nSPS) is 15.8. The molecular weight excluding hydrogens is 354 g/mol. The van der Waals surface area contributed by atoms with Crippen LogP contribution in [0.2, 0.25) is 0 Å². The second-order valence-corrected chi connectivity index (χ2v) is 6.92.